The molecule has 136 valence electrons. The summed E-state index contributed by atoms with van der Waals surface area (Å²) in [6, 6.07) is 6.71. The average molecular weight is 375 g/mol. The molecule has 10 heteroatoms. The van der Waals surface area contributed by atoms with Crippen LogP contribution >= 0.6 is 11.3 Å². The first-order chi connectivity index (χ1) is 11.7. The number of para-hydroxylation sites is 1. The van der Waals surface area contributed by atoms with E-state index in [9.17, 15) is 22.8 Å². The Morgan fingerprint density at radius 3 is 2.48 bits per heavy atom. The van der Waals surface area contributed by atoms with Gasteiger partial charge >= 0.3 is 17.8 Å². The summed E-state index contributed by atoms with van der Waals surface area (Å²) < 4.78 is 46.6. The summed E-state index contributed by atoms with van der Waals surface area (Å²) in [5, 5.41) is 3.60. The second kappa shape index (κ2) is 7.26. The molecule has 0 aliphatic rings. The van der Waals surface area contributed by atoms with Gasteiger partial charge in [0.15, 0.2) is 5.13 Å². The van der Waals surface area contributed by atoms with Crippen LogP contribution in [-0.2, 0) is 14.3 Å². The first-order valence-electron chi connectivity index (χ1n) is 7.42. The molecule has 0 unspecified atom stereocenters. The minimum Gasteiger partial charge on any atom is -0.463 e. The Bertz CT molecular complexity index is 745. The molecule has 0 spiro atoms. The van der Waals surface area contributed by atoms with E-state index in [2.05, 4.69) is 9.72 Å². The second-order valence-corrected chi connectivity index (χ2v) is 6.01. The largest absolute Gasteiger partial charge is 0.463 e. The van der Waals surface area contributed by atoms with Gasteiger partial charge in [0.2, 0.25) is 5.91 Å². The predicted octanol–water partition coefficient (Wildman–Crippen LogP) is 3.06. The third kappa shape index (κ3) is 3.84. The number of carbonyl (C=O) groups is 2. The smallest absolute Gasteiger partial charge is 0.442 e. The lowest BCUT2D eigenvalue weighted by Gasteiger charge is -2.34. The summed E-state index contributed by atoms with van der Waals surface area (Å²) in [4.78, 5) is 27.8. The molecule has 6 nitrogen and oxygen atoms in total. The molecule has 25 heavy (non-hydrogen) atoms. The van der Waals surface area contributed by atoms with Crippen LogP contribution in [0.2, 0.25) is 0 Å². The van der Waals surface area contributed by atoms with Crippen LogP contribution in [0, 0.1) is 0 Å². The number of amides is 1. The number of carbonyl (C=O) groups excluding carboxylic acids is 2. The zero-order valence-corrected chi connectivity index (χ0v) is 14.3. The molecule has 1 aromatic heterocycles. The highest BCUT2D eigenvalue weighted by Gasteiger charge is 2.64. The highest BCUT2D eigenvalue weighted by Crippen LogP contribution is 2.35. The van der Waals surface area contributed by atoms with E-state index >= 15 is 0 Å². The van der Waals surface area contributed by atoms with Crippen molar-refractivity contribution in [1.29, 1.82) is 0 Å². The minimum absolute atomic E-state index is 0.164. The molecule has 1 aromatic carbocycles. The van der Waals surface area contributed by atoms with Gasteiger partial charge in [0.1, 0.15) is 0 Å². The molecular weight excluding hydrogens is 359 g/mol. The van der Waals surface area contributed by atoms with E-state index in [4.69, 9.17) is 0 Å². The van der Waals surface area contributed by atoms with Crippen LogP contribution in [0.1, 0.15) is 20.3 Å². The van der Waals surface area contributed by atoms with Crippen molar-refractivity contribution < 1.29 is 27.5 Å². The molecule has 0 bridgehead atoms. The summed E-state index contributed by atoms with van der Waals surface area (Å²) in [6.07, 6.45) is -5.39. The summed E-state index contributed by atoms with van der Waals surface area (Å²) in [6.45, 7) is 2.47. The van der Waals surface area contributed by atoms with Crippen LogP contribution in [0.3, 0.4) is 0 Å². The van der Waals surface area contributed by atoms with Gasteiger partial charge in [0.05, 0.1) is 16.8 Å². The Hall–Kier alpha value is -2.36. The number of hydrogen-bond acceptors (Lipinski definition) is 6. The first-order valence-corrected chi connectivity index (χ1v) is 8.24. The quantitative estimate of drug-likeness (QED) is 0.599. The predicted molar refractivity (Wildman–Crippen MR) is 87.1 cm³/mol. The molecule has 0 fully saturated rings. The second-order valence-electron chi connectivity index (χ2n) is 4.98. The van der Waals surface area contributed by atoms with Gasteiger partial charge in [-0.15, -0.1) is 0 Å². The Balaban J connectivity index is 2.50. The maximum Gasteiger partial charge on any atom is 0.442 e. The van der Waals surface area contributed by atoms with E-state index < -0.39 is 23.7 Å². The van der Waals surface area contributed by atoms with Gasteiger partial charge in [-0.2, -0.15) is 13.2 Å². The van der Waals surface area contributed by atoms with Crippen molar-refractivity contribution in [2.75, 3.05) is 11.9 Å². The molecule has 1 atom stereocenters. The summed E-state index contributed by atoms with van der Waals surface area (Å²) in [5.74, 6) is -2.61. The summed E-state index contributed by atoms with van der Waals surface area (Å²) >= 11 is 0.929. The highest BCUT2D eigenvalue weighted by molar-refractivity contribution is 7.22. The number of esters is 1. The molecule has 0 aliphatic heterocycles. The van der Waals surface area contributed by atoms with Crippen molar-refractivity contribution in [1.82, 2.24) is 10.3 Å². The number of aromatic nitrogens is 1. The number of fused-ring (bicyclic) bond motifs is 1. The fraction of sp³-hybridized carbons (Fsp3) is 0.400. The van der Waals surface area contributed by atoms with Crippen molar-refractivity contribution >= 4 is 38.6 Å². The number of thiazole rings is 1. The number of alkyl halides is 3. The van der Waals surface area contributed by atoms with Crippen molar-refractivity contribution in [3.05, 3.63) is 24.3 Å². The van der Waals surface area contributed by atoms with Crippen molar-refractivity contribution in [3.63, 3.8) is 0 Å². The topological polar surface area (TPSA) is 80.3 Å². The van der Waals surface area contributed by atoms with E-state index in [1.807, 2.05) is 5.32 Å². The maximum atomic E-state index is 13.8. The van der Waals surface area contributed by atoms with Crippen LogP contribution in [-0.4, -0.2) is 35.3 Å². The monoisotopic (exact) mass is 375 g/mol. The lowest BCUT2D eigenvalue weighted by Crippen LogP contribution is -2.69. The van der Waals surface area contributed by atoms with Gasteiger partial charge in [-0.05, 0) is 19.1 Å². The first kappa shape index (κ1) is 19.0. The third-order valence-electron chi connectivity index (χ3n) is 3.24. The van der Waals surface area contributed by atoms with Gasteiger partial charge in [-0.3, -0.25) is 4.79 Å². The molecule has 0 saturated carbocycles. The van der Waals surface area contributed by atoms with Crippen LogP contribution < -0.4 is 10.6 Å². The minimum atomic E-state index is -5.15. The van der Waals surface area contributed by atoms with Gasteiger partial charge in [-0.1, -0.05) is 30.4 Å². The third-order valence-corrected chi connectivity index (χ3v) is 4.20. The van der Waals surface area contributed by atoms with E-state index in [-0.39, 0.29) is 18.2 Å². The number of benzene rings is 1. The zero-order chi connectivity index (χ0) is 18.7. The van der Waals surface area contributed by atoms with Crippen LogP contribution in [0.4, 0.5) is 18.3 Å². The number of hydrogen-bond donors (Lipinski definition) is 2. The standard InChI is InChI=1S/C15H16F3N3O3S/c1-3-11(22)20-14(15(16,17)18,12(23)24-4-2)21-13-19-9-7-5-6-8-10(9)25-13/h5-8H,3-4H2,1-2H3,(H,19,21)(H,20,22)/t14-/m0/s1. The molecule has 0 aliphatic carbocycles. The molecular formula is C15H16F3N3O3S. The van der Waals surface area contributed by atoms with Crippen molar-refractivity contribution in [3.8, 4) is 0 Å². The number of nitrogens with one attached hydrogen (secondary N) is 2. The van der Waals surface area contributed by atoms with Crippen LogP contribution in [0.25, 0.3) is 10.2 Å². The summed E-state index contributed by atoms with van der Waals surface area (Å²) in [5.41, 5.74) is -2.94. The molecule has 0 radical (unpaired) electrons. The fourth-order valence-corrected chi connectivity index (χ4v) is 2.94. The number of rotatable bonds is 6. The van der Waals surface area contributed by atoms with Crippen molar-refractivity contribution in [2.45, 2.75) is 32.1 Å². The molecule has 0 saturated heterocycles. The normalized spacial score (nSPS) is 14.0. The molecule has 1 amide bonds. The SMILES string of the molecule is CCOC(=O)[C@](NC(=O)CC)(Nc1nc2ccccc2s1)C(F)(F)F. The van der Waals surface area contributed by atoms with E-state index in [1.165, 1.54) is 13.8 Å². The average Bonchev–Trinajstić information content (AvgIpc) is 2.95. The molecule has 2 N–H and O–H groups in total. The highest BCUT2D eigenvalue weighted by atomic mass is 32.1. The van der Waals surface area contributed by atoms with Gasteiger partial charge in [-0.25, -0.2) is 9.78 Å². The zero-order valence-electron chi connectivity index (χ0n) is 13.4. The van der Waals surface area contributed by atoms with E-state index in [0.29, 0.717) is 10.2 Å². The molecule has 1 heterocycles. The summed E-state index contributed by atoms with van der Waals surface area (Å²) in [7, 11) is 0. The maximum absolute atomic E-state index is 13.8. The lowest BCUT2D eigenvalue weighted by atomic mass is 10.1. The van der Waals surface area contributed by atoms with E-state index in [0.717, 1.165) is 11.3 Å². The molecule has 2 aromatic rings. The fourth-order valence-electron chi connectivity index (χ4n) is 2.01. The molecule has 2 rings (SSSR count). The van der Waals surface area contributed by atoms with E-state index in [1.54, 1.807) is 29.6 Å². The lowest BCUT2D eigenvalue weighted by molar-refractivity contribution is -0.207. The number of ether oxygens (including phenoxy) is 1. The van der Waals surface area contributed by atoms with Crippen molar-refractivity contribution in [2.24, 2.45) is 0 Å². The van der Waals surface area contributed by atoms with Gasteiger partial charge in [0, 0.05) is 6.42 Å². The number of halogens is 3. The van der Waals surface area contributed by atoms with Gasteiger partial charge in [0.25, 0.3) is 0 Å². The number of nitrogens with zero attached hydrogens (tertiary/aromatic N) is 1. The Kier molecular flexibility index (Phi) is 5.51. The van der Waals surface area contributed by atoms with Crippen LogP contribution in [0.5, 0.6) is 0 Å². The Morgan fingerprint density at radius 2 is 1.92 bits per heavy atom. The Morgan fingerprint density at radius 1 is 1.24 bits per heavy atom. The Labute approximate surface area is 145 Å². The number of anilines is 1. The van der Waals surface area contributed by atoms with Gasteiger partial charge < -0.3 is 15.4 Å². The van der Waals surface area contributed by atoms with Crippen LogP contribution in [0.15, 0.2) is 24.3 Å².